The summed E-state index contributed by atoms with van der Waals surface area (Å²) in [4.78, 5) is 0.145. The number of aryl methyl sites for hydroxylation is 1. The average Bonchev–Trinajstić information content (AvgIpc) is 2.31. The highest BCUT2D eigenvalue weighted by atomic mass is 32.2. The monoisotopic (exact) mass is 286 g/mol. The largest absolute Gasteiger partial charge is 0.313 e. The maximum absolute atomic E-state index is 13.0. The van der Waals surface area contributed by atoms with Gasteiger partial charge in [0.25, 0.3) is 0 Å². The third kappa shape index (κ3) is 3.32. The molecule has 1 aliphatic rings. The molecule has 0 spiro atoms. The Labute approximate surface area is 113 Å². The van der Waals surface area contributed by atoms with Crippen molar-refractivity contribution in [1.82, 2.24) is 10.0 Å². The molecule has 0 bridgehead atoms. The van der Waals surface area contributed by atoms with Gasteiger partial charge in [0.1, 0.15) is 5.82 Å². The van der Waals surface area contributed by atoms with E-state index < -0.39 is 15.8 Å². The molecule has 1 saturated heterocycles. The quantitative estimate of drug-likeness (QED) is 0.886. The van der Waals surface area contributed by atoms with Gasteiger partial charge in [-0.15, -0.1) is 0 Å². The number of sulfonamides is 1. The van der Waals surface area contributed by atoms with Gasteiger partial charge in [-0.1, -0.05) is 0 Å². The molecule has 1 heterocycles. The van der Waals surface area contributed by atoms with Crippen molar-refractivity contribution in [1.29, 1.82) is 0 Å². The second-order valence-corrected chi connectivity index (χ2v) is 6.71. The maximum atomic E-state index is 13.0. The third-order valence-electron chi connectivity index (χ3n) is 3.49. The van der Waals surface area contributed by atoms with Gasteiger partial charge in [0.15, 0.2) is 0 Å². The zero-order chi connectivity index (χ0) is 14.0. The smallest absolute Gasteiger partial charge is 0.241 e. The van der Waals surface area contributed by atoms with E-state index in [0.29, 0.717) is 5.56 Å². The van der Waals surface area contributed by atoms with Crippen molar-refractivity contribution in [2.45, 2.75) is 43.7 Å². The van der Waals surface area contributed by atoms with Gasteiger partial charge in [0.05, 0.1) is 4.90 Å². The molecule has 0 radical (unpaired) electrons. The Bertz CT molecular complexity index is 560. The SMILES string of the molecule is Cc1cc(F)ccc1S(=O)(=O)N[C@@H]1CCCN[C@@H]1C. The molecule has 106 valence electrons. The minimum absolute atomic E-state index is 0.101. The molecule has 0 aliphatic carbocycles. The van der Waals surface area contributed by atoms with Crippen LogP contribution in [-0.4, -0.2) is 27.0 Å². The van der Waals surface area contributed by atoms with E-state index >= 15 is 0 Å². The van der Waals surface area contributed by atoms with Gasteiger partial charge >= 0.3 is 0 Å². The second kappa shape index (κ2) is 5.56. The molecule has 0 saturated carbocycles. The first-order chi connectivity index (χ1) is 8.90. The Morgan fingerprint density at radius 1 is 1.42 bits per heavy atom. The van der Waals surface area contributed by atoms with E-state index in [2.05, 4.69) is 10.0 Å². The van der Waals surface area contributed by atoms with Gasteiger partial charge in [-0.2, -0.15) is 0 Å². The van der Waals surface area contributed by atoms with Crippen LogP contribution < -0.4 is 10.0 Å². The Balaban J connectivity index is 2.22. The molecule has 2 N–H and O–H groups in total. The van der Waals surface area contributed by atoms with E-state index in [0.717, 1.165) is 19.4 Å². The van der Waals surface area contributed by atoms with E-state index in [-0.39, 0.29) is 17.0 Å². The van der Waals surface area contributed by atoms with Gasteiger partial charge in [-0.05, 0) is 57.0 Å². The number of rotatable bonds is 3. The summed E-state index contributed by atoms with van der Waals surface area (Å²) in [7, 11) is -3.60. The molecule has 1 aromatic carbocycles. The van der Waals surface area contributed by atoms with Crippen LogP contribution in [0.2, 0.25) is 0 Å². The predicted octanol–water partition coefficient (Wildman–Crippen LogP) is 1.55. The first-order valence-corrected chi connectivity index (χ1v) is 7.90. The maximum Gasteiger partial charge on any atom is 0.241 e. The summed E-state index contributed by atoms with van der Waals surface area (Å²) in [6.45, 7) is 4.47. The summed E-state index contributed by atoms with van der Waals surface area (Å²) in [5.74, 6) is -0.427. The van der Waals surface area contributed by atoms with Crippen LogP contribution in [0.4, 0.5) is 4.39 Å². The van der Waals surface area contributed by atoms with E-state index in [9.17, 15) is 12.8 Å². The minimum atomic E-state index is -3.60. The fourth-order valence-electron chi connectivity index (χ4n) is 2.38. The topological polar surface area (TPSA) is 58.2 Å². The van der Waals surface area contributed by atoms with Crippen molar-refractivity contribution in [3.8, 4) is 0 Å². The molecule has 2 rings (SSSR count). The number of hydrogen-bond acceptors (Lipinski definition) is 3. The van der Waals surface area contributed by atoms with Crippen LogP contribution in [0.25, 0.3) is 0 Å². The van der Waals surface area contributed by atoms with Crippen molar-refractivity contribution in [2.24, 2.45) is 0 Å². The summed E-state index contributed by atoms with van der Waals surface area (Å²) >= 11 is 0. The summed E-state index contributed by atoms with van der Waals surface area (Å²) in [6.07, 6.45) is 1.76. The van der Waals surface area contributed by atoms with Gasteiger partial charge in [0, 0.05) is 12.1 Å². The molecule has 19 heavy (non-hydrogen) atoms. The van der Waals surface area contributed by atoms with Crippen LogP contribution in [0.5, 0.6) is 0 Å². The number of piperidine rings is 1. The Morgan fingerprint density at radius 3 is 2.79 bits per heavy atom. The lowest BCUT2D eigenvalue weighted by molar-refractivity contribution is 0.348. The molecule has 1 fully saturated rings. The first kappa shape index (κ1) is 14.4. The van der Waals surface area contributed by atoms with Gasteiger partial charge < -0.3 is 5.32 Å². The number of nitrogens with one attached hydrogen (secondary N) is 2. The van der Waals surface area contributed by atoms with Gasteiger partial charge in [-0.3, -0.25) is 0 Å². The Morgan fingerprint density at radius 2 is 2.16 bits per heavy atom. The highest BCUT2D eigenvalue weighted by Gasteiger charge is 2.27. The lowest BCUT2D eigenvalue weighted by Gasteiger charge is -2.30. The first-order valence-electron chi connectivity index (χ1n) is 6.42. The van der Waals surface area contributed by atoms with Crippen LogP contribution in [-0.2, 0) is 10.0 Å². The number of benzene rings is 1. The highest BCUT2D eigenvalue weighted by Crippen LogP contribution is 2.18. The summed E-state index contributed by atoms with van der Waals surface area (Å²) in [6, 6.07) is 3.70. The Hall–Kier alpha value is -0.980. The van der Waals surface area contributed by atoms with E-state index in [1.807, 2.05) is 6.92 Å². The van der Waals surface area contributed by atoms with E-state index in [4.69, 9.17) is 0 Å². The molecule has 1 aliphatic heterocycles. The standard InChI is InChI=1S/C13H19FN2O2S/c1-9-8-11(14)5-6-13(9)19(17,18)16-12-4-3-7-15-10(12)2/h5-6,8,10,12,15-16H,3-4,7H2,1-2H3/t10-,12-/m1/s1. The van der Waals surface area contributed by atoms with E-state index in [1.54, 1.807) is 6.92 Å². The molecule has 4 nitrogen and oxygen atoms in total. The van der Waals surface area contributed by atoms with Crippen molar-refractivity contribution in [3.05, 3.63) is 29.6 Å². The highest BCUT2D eigenvalue weighted by molar-refractivity contribution is 7.89. The molecule has 0 aromatic heterocycles. The molecule has 6 heteroatoms. The van der Waals surface area contributed by atoms with Crippen LogP contribution in [0, 0.1) is 12.7 Å². The van der Waals surface area contributed by atoms with Gasteiger partial charge in [0.2, 0.25) is 10.0 Å². The summed E-state index contributed by atoms with van der Waals surface area (Å²) in [5.41, 5.74) is 0.420. The van der Waals surface area contributed by atoms with Crippen molar-refractivity contribution >= 4 is 10.0 Å². The number of halogens is 1. The fraction of sp³-hybridized carbons (Fsp3) is 0.538. The fourth-order valence-corrected chi connectivity index (χ4v) is 3.96. The van der Waals surface area contributed by atoms with Crippen molar-refractivity contribution in [2.75, 3.05) is 6.54 Å². The van der Waals surface area contributed by atoms with Crippen LogP contribution in [0.1, 0.15) is 25.3 Å². The van der Waals surface area contributed by atoms with Crippen LogP contribution in [0.15, 0.2) is 23.1 Å². The Kier molecular flexibility index (Phi) is 4.23. The summed E-state index contributed by atoms with van der Waals surface area (Å²) < 4.78 is 40.4. The zero-order valence-corrected chi connectivity index (χ0v) is 11.9. The molecule has 1 aromatic rings. The molecule has 2 atom stereocenters. The normalized spacial score (nSPS) is 24.4. The van der Waals surface area contributed by atoms with Crippen molar-refractivity contribution < 1.29 is 12.8 Å². The predicted molar refractivity (Wildman–Crippen MR) is 71.9 cm³/mol. The van der Waals surface area contributed by atoms with E-state index in [1.165, 1.54) is 18.2 Å². The van der Waals surface area contributed by atoms with Crippen LogP contribution in [0.3, 0.4) is 0 Å². The number of hydrogen-bond donors (Lipinski definition) is 2. The third-order valence-corrected chi connectivity index (χ3v) is 5.14. The summed E-state index contributed by atoms with van der Waals surface area (Å²) in [5, 5.41) is 3.24. The molecule has 0 amide bonds. The average molecular weight is 286 g/mol. The van der Waals surface area contributed by atoms with Crippen LogP contribution >= 0.6 is 0 Å². The lowest BCUT2D eigenvalue weighted by Crippen LogP contribution is -2.51. The molecule has 0 unspecified atom stereocenters. The van der Waals surface area contributed by atoms with Gasteiger partial charge in [-0.25, -0.2) is 17.5 Å². The molecular weight excluding hydrogens is 267 g/mol. The molecular formula is C13H19FN2O2S. The second-order valence-electron chi connectivity index (χ2n) is 5.02. The zero-order valence-electron chi connectivity index (χ0n) is 11.1. The lowest BCUT2D eigenvalue weighted by atomic mass is 10.0. The minimum Gasteiger partial charge on any atom is -0.313 e. The van der Waals surface area contributed by atoms with Crippen molar-refractivity contribution in [3.63, 3.8) is 0 Å².